The van der Waals surface area contributed by atoms with Crippen LogP contribution in [0.4, 0.5) is 11.5 Å². The lowest BCUT2D eigenvalue weighted by atomic mass is 10.0. The summed E-state index contributed by atoms with van der Waals surface area (Å²) < 4.78 is 7.78. The first kappa shape index (κ1) is 15.7. The molecule has 0 unspecified atom stereocenters. The number of nitrogens with zero attached hydrogens (tertiary/aromatic N) is 4. The maximum absolute atomic E-state index is 5.43. The summed E-state index contributed by atoms with van der Waals surface area (Å²) in [6.07, 6.45) is 3.11. The molecule has 0 aliphatic carbocycles. The Labute approximate surface area is 153 Å². The van der Waals surface area contributed by atoms with Crippen LogP contribution in [0.2, 0.25) is 0 Å². The van der Waals surface area contributed by atoms with E-state index in [4.69, 9.17) is 9.72 Å². The van der Waals surface area contributed by atoms with Crippen molar-refractivity contribution >= 4 is 22.4 Å². The fourth-order valence-electron chi connectivity index (χ4n) is 4.28. The lowest BCUT2D eigenvalue weighted by Gasteiger charge is -2.31. The number of aromatic nitrogens is 2. The Morgan fingerprint density at radius 3 is 2.62 bits per heavy atom. The fraction of sp³-hybridized carbons (Fsp3) is 0.381. The summed E-state index contributed by atoms with van der Waals surface area (Å²) in [5, 5.41) is 1.41. The van der Waals surface area contributed by atoms with Gasteiger partial charge >= 0.3 is 0 Å². The molecule has 5 nitrogen and oxygen atoms in total. The van der Waals surface area contributed by atoms with Crippen LogP contribution >= 0.6 is 0 Å². The lowest BCUT2D eigenvalue weighted by molar-refractivity contribution is 0.122. The van der Waals surface area contributed by atoms with Crippen molar-refractivity contribution in [2.75, 3.05) is 42.6 Å². The molecule has 0 amide bonds. The number of para-hydroxylation sites is 1. The van der Waals surface area contributed by atoms with E-state index in [-0.39, 0.29) is 0 Å². The van der Waals surface area contributed by atoms with Gasteiger partial charge in [-0.25, -0.2) is 4.98 Å². The van der Waals surface area contributed by atoms with E-state index in [0.717, 1.165) is 51.6 Å². The third-order valence-corrected chi connectivity index (χ3v) is 5.75. The van der Waals surface area contributed by atoms with Gasteiger partial charge in [0, 0.05) is 43.3 Å². The minimum Gasteiger partial charge on any atom is -0.378 e. The van der Waals surface area contributed by atoms with Gasteiger partial charge in [0.2, 0.25) is 0 Å². The van der Waals surface area contributed by atoms with Gasteiger partial charge in [0.05, 0.1) is 31.6 Å². The Morgan fingerprint density at radius 1 is 0.962 bits per heavy atom. The molecule has 0 saturated carbocycles. The first-order valence-corrected chi connectivity index (χ1v) is 9.40. The maximum Gasteiger partial charge on any atom is 0.128 e. The van der Waals surface area contributed by atoms with Crippen LogP contribution in [0.25, 0.3) is 10.9 Å². The van der Waals surface area contributed by atoms with Crippen LogP contribution in [-0.4, -0.2) is 42.4 Å². The Balaban J connectivity index is 1.40. The molecule has 0 bridgehead atoms. The van der Waals surface area contributed by atoms with Crippen molar-refractivity contribution in [3.05, 3.63) is 53.9 Å². The van der Waals surface area contributed by atoms with Crippen molar-refractivity contribution in [1.29, 1.82) is 0 Å². The lowest BCUT2D eigenvalue weighted by Crippen LogP contribution is -2.36. The number of aryl methyl sites for hydroxylation is 1. The van der Waals surface area contributed by atoms with Gasteiger partial charge in [-0.3, -0.25) is 0 Å². The molecular formula is C21H24N4O. The van der Waals surface area contributed by atoms with Crippen molar-refractivity contribution in [2.24, 2.45) is 7.05 Å². The number of pyridine rings is 1. The van der Waals surface area contributed by atoms with E-state index >= 15 is 0 Å². The van der Waals surface area contributed by atoms with Crippen LogP contribution in [0, 0.1) is 0 Å². The highest BCUT2D eigenvalue weighted by atomic mass is 16.5. The van der Waals surface area contributed by atoms with E-state index in [2.05, 4.69) is 57.8 Å². The van der Waals surface area contributed by atoms with E-state index < -0.39 is 0 Å². The molecule has 1 aromatic carbocycles. The Hall–Kier alpha value is -2.53. The van der Waals surface area contributed by atoms with E-state index in [0.29, 0.717) is 0 Å². The van der Waals surface area contributed by atoms with Gasteiger partial charge in [0.15, 0.2) is 0 Å². The molecule has 1 fully saturated rings. The molecule has 5 heteroatoms. The quantitative estimate of drug-likeness (QED) is 0.713. The Morgan fingerprint density at radius 2 is 1.81 bits per heavy atom. The molecule has 2 aromatic heterocycles. The van der Waals surface area contributed by atoms with Crippen LogP contribution in [-0.2, 0) is 24.8 Å². The minimum absolute atomic E-state index is 0.791. The fourth-order valence-corrected chi connectivity index (χ4v) is 4.28. The largest absolute Gasteiger partial charge is 0.378 e. The van der Waals surface area contributed by atoms with Gasteiger partial charge in [-0.05, 0) is 30.2 Å². The van der Waals surface area contributed by atoms with Crippen molar-refractivity contribution < 1.29 is 4.74 Å². The summed E-state index contributed by atoms with van der Waals surface area (Å²) in [5.41, 5.74) is 5.48. The second-order valence-corrected chi connectivity index (χ2v) is 7.15. The molecular weight excluding hydrogens is 324 g/mol. The molecule has 0 spiro atoms. The highest BCUT2D eigenvalue weighted by molar-refractivity contribution is 5.86. The zero-order chi connectivity index (χ0) is 17.5. The van der Waals surface area contributed by atoms with E-state index in [9.17, 15) is 0 Å². The number of ether oxygens (including phenoxy) is 1. The van der Waals surface area contributed by atoms with E-state index in [1.54, 1.807) is 0 Å². The normalized spacial score (nSPS) is 17.6. The molecule has 134 valence electrons. The van der Waals surface area contributed by atoms with E-state index in [1.165, 1.54) is 27.8 Å². The summed E-state index contributed by atoms with van der Waals surface area (Å²) in [7, 11) is 2.18. The SMILES string of the molecule is Cn1c2c(c3ccccc31)CCN(c1ccc(N3CCOCC3)nc1)C2. The standard InChI is InChI=1S/C21H24N4O/c1-23-19-5-3-2-4-17(19)18-8-9-25(15-20(18)23)16-6-7-21(22-14-16)24-10-12-26-13-11-24/h2-7,14H,8-13,15H2,1H3. The van der Waals surface area contributed by atoms with Gasteiger partial charge in [-0.1, -0.05) is 18.2 Å². The summed E-state index contributed by atoms with van der Waals surface area (Å²) >= 11 is 0. The van der Waals surface area contributed by atoms with Crippen LogP contribution in [0.1, 0.15) is 11.3 Å². The van der Waals surface area contributed by atoms with Gasteiger partial charge in [0.25, 0.3) is 0 Å². The molecule has 2 aliphatic rings. The van der Waals surface area contributed by atoms with Gasteiger partial charge in [0.1, 0.15) is 5.82 Å². The van der Waals surface area contributed by atoms with Crippen LogP contribution < -0.4 is 9.80 Å². The van der Waals surface area contributed by atoms with E-state index in [1.807, 2.05) is 6.20 Å². The molecule has 3 aromatic rings. The number of fused-ring (bicyclic) bond motifs is 3. The number of morpholine rings is 1. The first-order valence-electron chi connectivity index (χ1n) is 9.40. The second kappa shape index (κ2) is 6.32. The summed E-state index contributed by atoms with van der Waals surface area (Å²) in [6.45, 7) is 5.42. The molecule has 26 heavy (non-hydrogen) atoms. The Kier molecular flexibility index (Phi) is 3.82. The highest BCUT2D eigenvalue weighted by Crippen LogP contribution is 2.32. The van der Waals surface area contributed by atoms with Crippen LogP contribution in [0.3, 0.4) is 0 Å². The van der Waals surface area contributed by atoms with Crippen LogP contribution in [0.15, 0.2) is 42.6 Å². The molecule has 5 rings (SSSR count). The third kappa shape index (κ3) is 2.54. The minimum atomic E-state index is 0.791. The zero-order valence-electron chi connectivity index (χ0n) is 15.2. The highest BCUT2D eigenvalue weighted by Gasteiger charge is 2.23. The second-order valence-electron chi connectivity index (χ2n) is 7.15. The maximum atomic E-state index is 5.43. The molecule has 2 aliphatic heterocycles. The summed E-state index contributed by atoms with van der Waals surface area (Å²) in [4.78, 5) is 9.46. The van der Waals surface area contributed by atoms with Gasteiger partial charge in [-0.2, -0.15) is 0 Å². The predicted octanol–water partition coefficient (Wildman–Crippen LogP) is 2.97. The number of benzene rings is 1. The van der Waals surface area contributed by atoms with Gasteiger partial charge < -0.3 is 19.1 Å². The molecule has 0 N–H and O–H groups in total. The average Bonchev–Trinajstić information content (AvgIpc) is 3.01. The topological polar surface area (TPSA) is 33.5 Å². The first-order chi connectivity index (χ1) is 12.8. The molecule has 4 heterocycles. The third-order valence-electron chi connectivity index (χ3n) is 5.75. The van der Waals surface area contributed by atoms with Crippen molar-refractivity contribution in [1.82, 2.24) is 9.55 Å². The van der Waals surface area contributed by atoms with Crippen LogP contribution in [0.5, 0.6) is 0 Å². The average molecular weight is 348 g/mol. The Bertz CT molecular complexity index is 925. The monoisotopic (exact) mass is 348 g/mol. The molecule has 1 saturated heterocycles. The summed E-state index contributed by atoms with van der Waals surface area (Å²) in [5.74, 6) is 1.05. The smallest absolute Gasteiger partial charge is 0.128 e. The van der Waals surface area contributed by atoms with Crippen molar-refractivity contribution in [2.45, 2.75) is 13.0 Å². The predicted molar refractivity (Wildman–Crippen MR) is 105 cm³/mol. The van der Waals surface area contributed by atoms with Crippen molar-refractivity contribution in [3.63, 3.8) is 0 Å². The molecule has 0 radical (unpaired) electrons. The zero-order valence-corrected chi connectivity index (χ0v) is 15.2. The molecule has 0 atom stereocenters. The van der Waals surface area contributed by atoms with Crippen molar-refractivity contribution in [3.8, 4) is 0 Å². The number of rotatable bonds is 2. The number of hydrogen-bond donors (Lipinski definition) is 0. The van der Waals surface area contributed by atoms with Gasteiger partial charge in [-0.15, -0.1) is 0 Å². The summed E-state index contributed by atoms with van der Waals surface area (Å²) in [6, 6.07) is 13.1. The number of anilines is 2. The number of hydrogen-bond acceptors (Lipinski definition) is 4.